The number of benzene rings is 4. The molecule has 9 rings (SSSR count). The standard InChI is InChI=1S/C68H76N4/c1-37(2)50-21-17-22-51(38(3)4)60(50)58-35-49-34-47-30-29-45(69-47)33-46-31-32-48(70-46)36-59-64(61-52(39(5)6)23-18-24-53(61)40(7)8)65(62-54(41(9)10)25-19-26-55(62)42(11)12)68(72-59)66(67(58)71-49)63-56(43(13)14)27-20-28-57(63)44(15)16/h17-44H,1-16H3. The second-order valence-electron chi connectivity index (χ2n) is 22.9. The molecule has 0 amide bonds. The topological polar surface area (TPSA) is 49.4 Å². The van der Waals surface area contributed by atoms with Crippen molar-refractivity contribution < 1.29 is 0 Å². The van der Waals surface area contributed by atoms with Crippen LogP contribution >= 0.6 is 0 Å². The Morgan fingerprint density at radius 2 is 0.625 bits per heavy atom. The molecule has 5 heterocycles. The fourth-order valence-corrected chi connectivity index (χ4v) is 11.4. The van der Waals surface area contributed by atoms with Crippen molar-refractivity contribution >= 4 is 45.1 Å². The van der Waals surface area contributed by atoms with E-state index in [2.05, 4.69) is 232 Å². The van der Waals surface area contributed by atoms with E-state index in [0.717, 1.165) is 56.8 Å². The first-order chi connectivity index (χ1) is 34.3. The van der Waals surface area contributed by atoms with Crippen LogP contribution in [0.3, 0.4) is 0 Å². The molecule has 4 nitrogen and oxygen atoms in total. The summed E-state index contributed by atoms with van der Waals surface area (Å²) in [6.07, 6.45) is 17.3. The van der Waals surface area contributed by atoms with Crippen molar-refractivity contribution in [2.45, 2.75) is 158 Å². The molecular weight excluding hydrogens is 873 g/mol. The van der Waals surface area contributed by atoms with Crippen molar-refractivity contribution in [3.63, 3.8) is 0 Å². The normalized spacial score (nSPS) is 16.7. The molecule has 0 aromatic heterocycles. The Morgan fingerprint density at radius 1 is 0.292 bits per heavy atom. The van der Waals surface area contributed by atoms with Gasteiger partial charge < -0.3 is 0 Å². The van der Waals surface area contributed by atoms with Gasteiger partial charge in [-0.05, 0) is 163 Å². The molecule has 0 fully saturated rings. The monoisotopic (exact) mass is 949 g/mol. The Labute approximate surface area is 432 Å². The summed E-state index contributed by atoms with van der Waals surface area (Å²) in [6.45, 7) is 37.5. The van der Waals surface area contributed by atoms with Gasteiger partial charge in [-0.2, -0.15) is 0 Å². The van der Waals surface area contributed by atoms with Gasteiger partial charge in [0.2, 0.25) is 0 Å². The van der Waals surface area contributed by atoms with Gasteiger partial charge >= 0.3 is 0 Å². The van der Waals surface area contributed by atoms with Gasteiger partial charge in [0.25, 0.3) is 0 Å². The lowest BCUT2D eigenvalue weighted by molar-refractivity contribution is 0.824. The van der Waals surface area contributed by atoms with Crippen LogP contribution in [0.1, 0.15) is 225 Å². The van der Waals surface area contributed by atoms with Crippen LogP contribution in [0.15, 0.2) is 164 Å². The van der Waals surface area contributed by atoms with E-state index < -0.39 is 0 Å². The minimum absolute atomic E-state index is 0.201. The number of hydrogen-bond donors (Lipinski definition) is 0. The Morgan fingerprint density at radius 3 is 1.01 bits per heavy atom. The van der Waals surface area contributed by atoms with Gasteiger partial charge in [0.05, 0.1) is 45.6 Å². The lowest BCUT2D eigenvalue weighted by Gasteiger charge is -2.29. The molecule has 5 aliphatic rings. The molecule has 0 aliphatic carbocycles. The summed E-state index contributed by atoms with van der Waals surface area (Å²) < 4.78 is 0. The van der Waals surface area contributed by atoms with Gasteiger partial charge in [0.1, 0.15) is 0 Å². The highest BCUT2D eigenvalue weighted by Gasteiger charge is 2.39. The van der Waals surface area contributed by atoms with Gasteiger partial charge in [0.15, 0.2) is 0 Å². The van der Waals surface area contributed by atoms with Crippen molar-refractivity contribution in [2.24, 2.45) is 20.0 Å². The molecule has 8 bridgehead atoms. The van der Waals surface area contributed by atoms with E-state index >= 15 is 0 Å². The second kappa shape index (κ2) is 20.2. The maximum Gasteiger partial charge on any atom is 0.0823 e. The smallest absolute Gasteiger partial charge is 0.0823 e. The van der Waals surface area contributed by atoms with Crippen molar-refractivity contribution in [3.05, 3.63) is 211 Å². The number of fused-ring (bicyclic) bond motifs is 4. The maximum absolute atomic E-state index is 6.28. The van der Waals surface area contributed by atoms with E-state index in [1.165, 1.54) is 77.9 Å². The van der Waals surface area contributed by atoms with Gasteiger partial charge in [-0.15, -0.1) is 0 Å². The molecule has 0 saturated heterocycles. The van der Waals surface area contributed by atoms with Crippen molar-refractivity contribution in [3.8, 4) is 0 Å². The third-order valence-corrected chi connectivity index (χ3v) is 15.0. The molecule has 5 aliphatic heterocycles. The fourth-order valence-electron chi connectivity index (χ4n) is 11.4. The van der Waals surface area contributed by atoms with Crippen LogP contribution in [-0.2, 0) is 0 Å². The van der Waals surface area contributed by atoms with Crippen LogP contribution < -0.4 is 0 Å². The molecule has 368 valence electrons. The number of nitrogens with zero attached hydrogens (tertiary/aromatic N) is 4. The summed E-state index contributed by atoms with van der Waals surface area (Å²) in [5, 5.41) is 0. The summed E-state index contributed by atoms with van der Waals surface area (Å²) in [6, 6.07) is 27.9. The minimum atomic E-state index is 0.201. The fraction of sp³-hybridized carbons (Fsp3) is 0.353. The van der Waals surface area contributed by atoms with Gasteiger partial charge in [-0.3, -0.25) is 0 Å². The highest BCUT2D eigenvalue weighted by Crippen LogP contribution is 2.53. The van der Waals surface area contributed by atoms with Gasteiger partial charge in [-0.25, -0.2) is 20.0 Å². The SMILES string of the molecule is CC(C)c1cccc(C(C)C)c1C1=CC2=CC3=NC(=CC4=NC(=CC5=NC(=C(c6c(C(C)C)cccc6C(C)C)C1=N2)C(c1c(C(C)C)cccc1C(C)C)=C5c1c(C(C)C)cccc1C(C)C)C=C4)C=C3. The first kappa shape index (κ1) is 50.4. The summed E-state index contributed by atoms with van der Waals surface area (Å²) >= 11 is 0. The first-order valence-corrected chi connectivity index (χ1v) is 26.9. The molecule has 0 radical (unpaired) electrons. The molecule has 0 N–H and O–H groups in total. The Hall–Kier alpha value is -6.52. The quantitative estimate of drug-likeness (QED) is 0.136. The van der Waals surface area contributed by atoms with Crippen LogP contribution in [0.5, 0.6) is 0 Å². The van der Waals surface area contributed by atoms with Crippen molar-refractivity contribution in [2.75, 3.05) is 0 Å². The number of aliphatic imine (C=N–C) groups is 4. The predicted octanol–water partition coefficient (Wildman–Crippen LogP) is 18.7. The predicted molar refractivity (Wildman–Crippen MR) is 312 cm³/mol. The highest BCUT2D eigenvalue weighted by molar-refractivity contribution is 6.51. The molecule has 0 spiro atoms. The van der Waals surface area contributed by atoms with E-state index in [-0.39, 0.29) is 47.3 Å². The molecule has 0 atom stereocenters. The Bertz CT molecular complexity index is 3160. The van der Waals surface area contributed by atoms with E-state index in [9.17, 15) is 0 Å². The third kappa shape index (κ3) is 9.27. The van der Waals surface area contributed by atoms with Crippen LogP contribution in [0.25, 0.3) is 22.3 Å². The summed E-state index contributed by atoms with van der Waals surface area (Å²) in [7, 11) is 0. The molecule has 0 saturated carbocycles. The summed E-state index contributed by atoms with van der Waals surface area (Å²) in [4.78, 5) is 22.7. The molecular formula is C68H76N4. The zero-order chi connectivity index (χ0) is 51.4. The zero-order valence-electron chi connectivity index (χ0n) is 46.0. The average molecular weight is 949 g/mol. The van der Waals surface area contributed by atoms with Crippen LogP contribution in [-0.4, -0.2) is 22.8 Å². The first-order valence-electron chi connectivity index (χ1n) is 26.9. The van der Waals surface area contributed by atoms with Gasteiger partial charge in [0, 0.05) is 22.3 Å². The Kier molecular flexibility index (Phi) is 14.1. The zero-order valence-corrected chi connectivity index (χ0v) is 46.0. The third-order valence-electron chi connectivity index (χ3n) is 15.0. The molecule has 4 aromatic rings. The van der Waals surface area contributed by atoms with Crippen LogP contribution in [0.4, 0.5) is 0 Å². The lowest BCUT2D eigenvalue weighted by atomic mass is 9.74. The molecule has 0 unspecified atom stereocenters. The van der Waals surface area contributed by atoms with Crippen LogP contribution in [0, 0.1) is 0 Å². The average Bonchev–Trinajstić information content (AvgIpc) is 4.15. The van der Waals surface area contributed by atoms with Crippen molar-refractivity contribution in [1.82, 2.24) is 0 Å². The van der Waals surface area contributed by atoms with E-state index in [0.29, 0.717) is 0 Å². The molecule has 4 heteroatoms. The molecule has 4 aromatic carbocycles. The summed E-state index contributed by atoms with van der Waals surface area (Å²) in [5.41, 5.74) is 27.3. The van der Waals surface area contributed by atoms with Crippen LogP contribution in [0.2, 0.25) is 0 Å². The van der Waals surface area contributed by atoms with Gasteiger partial charge in [-0.1, -0.05) is 184 Å². The number of allylic oxidation sites excluding steroid dienone is 12. The summed E-state index contributed by atoms with van der Waals surface area (Å²) in [5.74, 6) is 1.86. The highest BCUT2D eigenvalue weighted by atomic mass is 14.9. The van der Waals surface area contributed by atoms with E-state index in [1.807, 2.05) is 0 Å². The number of rotatable bonds is 12. The minimum Gasteiger partial charge on any atom is -0.249 e. The van der Waals surface area contributed by atoms with E-state index in [1.54, 1.807) is 0 Å². The maximum atomic E-state index is 6.28. The van der Waals surface area contributed by atoms with Crippen molar-refractivity contribution in [1.29, 1.82) is 0 Å². The second-order valence-corrected chi connectivity index (χ2v) is 22.9. The number of hydrogen-bond acceptors (Lipinski definition) is 4. The lowest BCUT2D eigenvalue weighted by Crippen LogP contribution is -2.15. The molecule has 72 heavy (non-hydrogen) atoms. The Balaban J connectivity index is 1.63. The van der Waals surface area contributed by atoms with E-state index in [4.69, 9.17) is 20.0 Å². The largest absolute Gasteiger partial charge is 0.249 e.